The normalized spacial score (nSPS) is 15.2. The van der Waals surface area contributed by atoms with Crippen molar-refractivity contribution < 1.29 is 23.9 Å². The van der Waals surface area contributed by atoms with Crippen molar-refractivity contribution in [2.45, 2.75) is 641 Å². The molecule has 5 heteroatoms. The number of carbonyl (C=O) groups is 3. The molecule has 0 radical (unpaired) electrons. The summed E-state index contributed by atoms with van der Waals surface area (Å²) in [6, 6.07) is 0. The summed E-state index contributed by atoms with van der Waals surface area (Å²) in [5, 5.41) is 0. The molecule has 0 heterocycles. The molecule has 0 N–H and O–H groups in total. The van der Waals surface area contributed by atoms with Gasteiger partial charge in [0.25, 0.3) is 0 Å². The van der Waals surface area contributed by atoms with Gasteiger partial charge in [0, 0.05) is 37.0 Å². The lowest BCUT2D eigenvalue weighted by Crippen LogP contribution is -2.42. The van der Waals surface area contributed by atoms with Crippen molar-refractivity contribution in [1.82, 2.24) is 0 Å². The van der Waals surface area contributed by atoms with Gasteiger partial charge >= 0.3 is 0 Å². The van der Waals surface area contributed by atoms with Crippen molar-refractivity contribution in [2.24, 2.45) is 181 Å². The zero-order chi connectivity index (χ0) is 114. The summed E-state index contributed by atoms with van der Waals surface area (Å²) in [6.07, 6.45) is 22.0. The predicted molar refractivity (Wildman–Crippen MR) is 636 cm³/mol. The minimum Gasteiger partial charge on any atom is -0.381 e. The van der Waals surface area contributed by atoms with Gasteiger partial charge in [-0.15, -0.1) is 0 Å². The van der Waals surface area contributed by atoms with Crippen molar-refractivity contribution >= 4 is 17.3 Å². The van der Waals surface area contributed by atoms with Crippen LogP contribution in [0.2, 0.25) is 0 Å². The van der Waals surface area contributed by atoms with E-state index in [1.54, 1.807) is 0 Å². The van der Waals surface area contributed by atoms with Crippen LogP contribution in [0.3, 0.4) is 0 Å². The Kier molecular flexibility index (Phi) is 58.9. The number of ketones is 3. The summed E-state index contributed by atoms with van der Waals surface area (Å²) in [6.45, 7) is 176. The number of ether oxygens (including phenoxy) is 2. The van der Waals surface area contributed by atoms with Crippen LogP contribution in [0.1, 0.15) is 641 Å². The van der Waals surface area contributed by atoms with E-state index in [4.69, 9.17) is 9.47 Å². The van der Waals surface area contributed by atoms with Gasteiger partial charge < -0.3 is 9.47 Å². The van der Waals surface area contributed by atoms with E-state index in [1.807, 2.05) is 0 Å². The maximum atomic E-state index is 12.5. The first kappa shape index (κ1) is 151. The summed E-state index contributed by atoms with van der Waals surface area (Å²) in [4.78, 5) is 37.4. The molecule has 5 nitrogen and oxygen atoms in total. The van der Waals surface area contributed by atoms with E-state index >= 15 is 0 Å². The van der Waals surface area contributed by atoms with Crippen LogP contribution in [0.5, 0.6) is 0 Å². The van der Waals surface area contributed by atoms with Gasteiger partial charge in [0.15, 0.2) is 0 Å². The number of unbranched alkanes of at least 4 members (excludes halogenated alkanes) is 1. The smallest absolute Gasteiger partial charge is 0.137 e. The van der Waals surface area contributed by atoms with Crippen LogP contribution < -0.4 is 0 Å². The Morgan fingerprint density at radius 1 is 0.180 bits per heavy atom. The zero-order valence-electron chi connectivity index (χ0n) is 112. The number of carbonyl (C=O) groups excluding carboxylic acids is 3. The van der Waals surface area contributed by atoms with Crippen molar-refractivity contribution in [2.75, 3.05) is 26.4 Å². The fourth-order valence-electron chi connectivity index (χ4n) is 25.5. The van der Waals surface area contributed by atoms with Gasteiger partial charge in [-0.3, -0.25) is 14.4 Å². The first-order valence-corrected chi connectivity index (χ1v) is 56.9. The van der Waals surface area contributed by atoms with Crippen LogP contribution in [0, 0.1) is 181 Å². The predicted octanol–water partition coefficient (Wildman–Crippen LogP) is 45.2. The molecule has 0 amide bonds. The van der Waals surface area contributed by atoms with Crippen LogP contribution in [0.15, 0.2) is 0 Å². The molecule has 0 aliphatic heterocycles. The van der Waals surface area contributed by atoms with E-state index in [1.165, 1.54) is 89.9 Å². The third kappa shape index (κ3) is 89.5. The number of hydrogen-bond acceptors (Lipinski definition) is 5. The van der Waals surface area contributed by atoms with Crippen LogP contribution in [0.4, 0.5) is 0 Å². The molecule has 0 fully saturated rings. The Labute approximate surface area is 884 Å². The Hall–Kier alpha value is -1.07. The van der Waals surface area contributed by atoms with Gasteiger partial charge in [0.2, 0.25) is 0 Å². The maximum absolute atomic E-state index is 12.5. The Balaban J connectivity index is -0.000000299. The second-order valence-corrected chi connectivity index (χ2v) is 76.0. The van der Waals surface area contributed by atoms with E-state index in [0.29, 0.717) is 96.7 Å². The molecule has 0 aliphatic rings. The second kappa shape index (κ2) is 54.3. The molecule has 139 heavy (non-hydrogen) atoms. The minimum absolute atomic E-state index is 0.0422. The molecule has 0 bridgehead atoms. The van der Waals surface area contributed by atoms with E-state index in [-0.39, 0.29) is 115 Å². The van der Waals surface area contributed by atoms with Gasteiger partial charge in [-0.2, -0.15) is 0 Å². The first-order chi connectivity index (χ1) is 59.2. The fourth-order valence-corrected chi connectivity index (χ4v) is 25.5. The SMILES string of the molecule is CC(C)(C)CC(=O)C(C(C)(C)C)C(C)(C)C.CC(C)(C)CC(=O)C(CC(C)(C)C)C(C)(C)C.CC(C)(C)CC(=O)C(CC(C)(C)C)C(C)(C)C.CC(C)(C)CC(CC(C)(C)C)(CC(C)(C)C)CC(C)(C)C.CC(C)(C)CC(COCC(CC(C)(C)C)(CC(C)(C)C)CC(C)(C)C)(CC(C)(C)C)CC(C)(C)C.CC(C)(C)CCCCC(C(C)(C)C)C(C)(C)C.CC(C)(C)COCC(C(C)(C)C)C(C)(C)C. The summed E-state index contributed by atoms with van der Waals surface area (Å²) in [7, 11) is 0. The van der Waals surface area contributed by atoms with Gasteiger partial charge in [-0.05, 0) is 253 Å². The van der Waals surface area contributed by atoms with Gasteiger partial charge in [-0.25, -0.2) is 0 Å². The van der Waals surface area contributed by atoms with Crippen molar-refractivity contribution in [1.29, 1.82) is 0 Å². The molecule has 2 unspecified atom stereocenters. The molecule has 0 aromatic rings. The van der Waals surface area contributed by atoms with Crippen LogP contribution in [-0.4, -0.2) is 43.8 Å². The Morgan fingerprint density at radius 2 is 0.381 bits per heavy atom. The molecule has 0 aromatic heterocycles. The van der Waals surface area contributed by atoms with E-state index in [2.05, 4.69) is 519 Å². The monoisotopic (exact) mass is 1970 g/mol. The standard InChI is InChI=1S/C34H70O.C21H44.C17H36.2C16H32O.C15H32O.C15H30O/c1-27(2,3)19-33(20-28(4,5)6,21-29(7,8)9)25-35-26-34(22-30(10,11)12,23-31(13,14)15)24-32(16,17)18;1-17(2,3)13-21(14-18(4,5)6,15-19(7,8)9)16-20(10,11)12;1-15(2,3)13-11-10-12-14(16(4,5)6)17(7,8)9;2*1-14(2,3)10-12(16(7,8)9)13(17)11-15(4,5)6;1-13(2,3)11-16-10-12(14(4,5)6)15(7,8)9;1-13(2,3)10-11(16)12(14(4,5)6)15(7,8)9/h19-26H2,1-18H3;13-16H2,1-12H3;14H,10-13H2,1-9H3;2*12H,10-11H2,1-9H3;12H,10-11H2,1-9H3;12H,10H2,1-9H3. The maximum Gasteiger partial charge on any atom is 0.137 e. The molecule has 0 rings (SSSR count). The van der Waals surface area contributed by atoms with Crippen molar-refractivity contribution in [3.8, 4) is 0 Å². The molecule has 0 aromatic carbocycles. The molecule has 2 atom stereocenters. The zero-order valence-corrected chi connectivity index (χ0v) is 112. The average molecular weight is 1970 g/mol. The Morgan fingerprint density at radius 3 is 0.540 bits per heavy atom. The largest absolute Gasteiger partial charge is 0.381 e. The van der Waals surface area contributed by atoms with Crippen LogP contribution in [-0.2, 0) is 23.9 Å². The average Bonchev–Trinajstić information content (AvgIpc) is 0.803. The van der Waals surface area contributed by atoms with E-state index in [0.717, 1.165) is 45.2 Å². The lowest BCUT2D eigenvalue weighted by atomic mass is 9.56. The summed E-state index contributed by atoms with van der Waals surface area (Å²) in [5.74, 6) is 3.13. The van der Waals surface area contributed by atoms with Gasteiger partial charge in [0.1, 0.15) is 17.3 Å². The fraction of sp³-hybridized carbons (Fsp3) is 0.978. The summed E-state index contributed by atoms with van der Waals surface area (Å²) in [5.41, 5.74) is 7.18. The summed E-state index contributed by atoms with van der Waals surface area (Å²) >= 11 is 0. The number of Topliss-reactive ketones (excluding diaryl/α,β-unsaturated/α-hetero) is 3. The number of hydrogen-bond donors (Lipinski definition) is 0. The topological polar surface area (TPSA) is 69.7 Å². The van der Waals surface area contributed by atoms with E-state index < -0.39 is 0 Å². The Bertz CT molecular complexity index is 3000. The lowest BCUT2D eigenvalue weighted by molar-refractivity contribution is -0.133. The highest BCUT2D eigenvalue weighted by Gasteiger charge is 2.49. The molecule has 0 spiro atoms. The molecule has 0 saturated heterocycles. The second-order valence-electron chi connectivity index (χ2n) is 76.0. The first-order valence-electron chi connectivity index (χ1n) is 56.9. The highest BCUT2D eigenvalue weighted by atomic mass is 16.5. The van der Waals surface area contributed by atoms with Crippen molar-refractivity contribution in [3.05, 3.63) is 0 Å². The van der Waals surface area contributed by atoms with Crippen LogP contribution >= 0.6 is 0 Å². The van der Waals surface area contributed by atoms with Gasteiger partial charge in [0.05, 0.1) is 26.4 Å². The minimum atomic E-state index is 0.0422. The summed E-state index contributed by atoms with van der Waals surface area (Å²) < 4.78 is 13.0. The van der Waals surface area contributed by atoms with E-state index in [9.17, 15) is 14.4 Å². The van der Waals surface area contributed by atoms with Crippen LogP contribution in [0.25, 0.3) is 0 Å². The highest BCUT2D eigenvalue weighted by Crippen LogP contribution is 2.57. The third-order valence-electron chi connectivity index (χ3n) is 25.2. The quantitative estimate of drug-likeness (QED) is 0.0698. The highest BCUT2D eigenvalue weighted by molar-refractivity contribution is 5.83. The molecule has 842 valence electrons. The third-order valence-corrected chi connectivity index (χ3v) is 25.2. The molecule has 0 saturated carbocycles. The molecular formula is C134H276O5. The molecule has 0 aliphatic carbocycles. The number of rotatable bonds is 29. The van der Waals surface area contributed by atoms with Crippen molar-refractivity contribution in [3.63, 3.8) is 0 Å². The van der Waals surface area contributed by atoms with Gasteiger partial charge in [-0.1, -0.05) is 532 Å². The lowest BCUT2D eigenvalue weighted by Gasteiger charge is -2.49. The molecular weight excluding hydrogens is 1690 g/mol.